The van der Waals surface area contributed by atoms with Gasteiger partial charge in [-0.15, -0.1) is 0 Å². The van der Waals surface area contributed by atoms with Gasteiger partial charge in [-0.25, -0.2) is 4.98 Å². The first-order valence-corrected chi connectivity index (χ1v) is 9.02. The van der Waals surface area contributed by atoms with Crippen LogP contribution in [0, 0.1) is 17.0 Å². The molecule has 1 aromatic heterocycles. The molecule has 0 fully saturated rings. The molecule has 0 bridgehead atoms. The molecule has 0 amide bonds. The Morgan fingerprint density at radius 1 is 1.07 bits per heavy atom. The third-order valence-corrected chi connectivity index (χ3v) is 4.38. The molecule has 29 heavy (non-hydrogen) atoms. The van der Waals surface area contributed by atoms with Crippen molar-refractivity contribution in [2.75, 3.05) is 0 Å². The van der Waals surface area contributed by atoms with Crippen LogP contribution in [0.2, 0.25) is 0 Å². The highest BCUT2D eigenvalue weighted by Gasteiger charge is 2.09. The summed E-state index contributed by atoms with van der Waals surface area (Å²) in [6.07, 6.45) is 4.95. The summed E-state index contributed by atoms with van der Waals surface area (Å²) < 4.78 is 5.84. The summed E-state index contributed by atoms with van der Waals surface area (Å²) in [4.78, 5) is 19.5. The Bertz CT molecular complexity index is 1240. The molecule has 0 radical (unpaired) electrons. The molecule has 0 spiro atoms. The summed E-state index contributed by atoms with van der Waals surface area (Å²) in [7, 11) is 0. The standard InChI is InChI=1S/C23H17N3O3/c1-16-8-13-20-22(15-16)29-23(25-20)18-9-11-19(12-10-18)24-14-4-6-17-5-2-3-7-21(17)26(27)28/h2-15H,1H3/b6-4+,24-14?. The molecule has 4 aromatic rings. The molecule has 142 valence electrons. The number of nitro benzene ring substituents is 1. The minimum absolute atomic E-state index is 0.0648. The van der Waals surface area contributed by atoms with Gasteiger partial charge in [-0.05, 0) is 67.1 Å². The molecule has 0 aliphatic heterocycles. The van der Waals surface area contributed by atoms with Crippen molar-refractivity contribution in [3.63, 3.8) is 0 Å². The Morgan fingerprint density at radius 2 is 1.86 bits per heavy atom. The van der Waals surface area contributed by atoms with Gasteiger partial charge in [0.15, 0.2) is 5.58 Å². The van der Waals surface area contributed by atoms with Crippen LogP contribution in [0.4, 0.5) is 11.4 Å². The minimum Gasteiger partial charge on any atom is -0.436 e. The zero-order chi connectivity index (χ0) is 20.2. The Labute approximate surface area is 167 Å². The van der Waals surface area contributed by atoms with Gasteiger partial charge in [0, 0.05) is 17.8 Å². The number of fused-ring (bicyclic) bond motifs is 1. The smallest absolute Gasteiger partial charge is 0.276 e. The lowest BCUT2D eigenvalue weighted by Gasteiger charge is -1.97. The van der Waals surface area contributed by atoms with Crippen molar-refractivity contribution < 1.29 is 9.34 Å². The summed E-state index contributed by atoms with van der Waals surface area (Å²) >= 11 is 0. The maximum Gasteiger partial charge on any atom is 0.276 e. The number of benzene rings is 3. The third kappa shape index (κ3) is 4.11. The number of oxazole rings is 1. The normalized spacial score (nSPS) is 11.6. The second-order valence-corrected chi connectivity index (χ2v) is 6.49. The molecule has 0 saturated heterocycles. The Hall–Kier alpha value is -4.06. The predicted octanol–water partition coefficient (Wildman–Crippen LogP) is 6.13. The summed E-state index contributed by atoms with van der Waals surface area (Å²) in [6.45, 7) is 2.01. The number of aliphatic imine (C=N–C) groups is 1. The maximum absolute atomic E-state index is 11.0. The van der Waals surface area contributed by atoms with Crippen LogP contribution in [0.15, 0.2) is 82.2 Å². The van der Waals surface area contributed by atoms with E-state index in [-0.39, 0.29) is 5.69 Å². The van der Waals surface area contributed by atoms with Crippen LogP contribution in [-0.4, -0.2) is 16.1 Å². The quantitative estimate of drug-likeness (QED) is 0.236. The molecule has 0 aliphatic rings. The first kappa shape index (κ1) is 18.3. The number of hydrogen-bond donors (Lipinski definition) is 0. The Balaban J connectivity index is 1.48. The number of nitro groups is 1. The summed E-state index contributed by atoms with van der Waals surface area (Å²) in [5, 5.41) is 11.0. The molecule has 3 aromatic carbocycles. The van der Waals surface area contributed by atoms with Crippen LogP contribution in [0.25, 0.3) is 28.6 Å². The van der Waals surface area contributed by atoms with Crippen LogP contribution in [-0.2, 0) is 0 Å². The van der Waals surface area contributed by atoms with E-state index in [0.717, 1.165) is 27.9 Å². The zero-order valence-electron chi connectivity index (χ0n) is 15.6. The van der Waals surface area contributed by atoms with Gasteiger partial charge in [0.2, 0.25) is 5.89 Å². The second kappa shape index (κ2) is 7.90. The van der Waals surface area contributed by atoms with Gasteiger partial charge in [0.1, 0.15) is 5.52 Å². The minimum atomic E-state index is -0.400. The van der Waals surface area contributed by atoms with E-state index in [0.29, 0.717) is 11.5 Å². The number of para-hydroxylation sites is 1. The van der Waals surface area contributed by atoms with Crippen molar-refractivity contribution in [2.45, 2.75) is 6.92 Å². The molecular formula is C23H17N3O3. The van der Waals surface area contributed by atoms with Crippen molar-refractivity contribution >= 4 is 34.8 Å². The topological polar surface area (TPSA) is 81.5 Å². The van der Waals surface area contributed by atoms with Crippen LogP contribution < -0.4 is 0 Å². The molecule has 6 heteroatoms. The lowest BCUT2D eigenvalue weighted by Crippen LogP contribution is -1.90. The summed E-state index contributed by atoms with van der Waals surface area (Å²) in [6, 6.07) is 20.0. The van der Waals surface area contributed by atoms with E-state index in [1.165, 1.54) is 6.07 Å². The van der Waals surface area contributed by atoms with Crippen LogP contribution >= 0.6 is 0 Å². The average molecular weight is 383 g/mol. The highest BCUT2D eigenvalue weighted by molar-refractivity contribution is 5.82. The fourth-order valence-corrected chi connectivity index (χ4v) is 2.92. The number of aromatic nitrogens is 1. The summed E-state index contributed by atoms with van der Waals surface area (Å²) in [5.74, 6) is 0.567. The van der Waals surface area contributed by atoms with Crippen LogP contribution in [0.5, 0.6) is 0 Å². The molecule has 0 unspecified atom stereocenters. The van der Waals surface area contributed by atoms with Crippen molar-refractivity contribution in [1.82, 2.24) is 4.98 Å². The van der Waals surface area contributed by atoms with Gasteiger partial charge in [-0.1, -0.05) is 18.2 Å². The first-order chi connectivity index (χ1) is 14.1. The number of nitrogens with zero attached hydrogens (tertiary/aromatic N) is 3. The lowest BCUT2D eigenvalue weighted by molar-refractivity contribution is -0.385. The van der Waals surface area contributed by atoms with Gasteiger partial charge in [-0.3, -0.25) is 15.1 Å². The van der Waals surface area contributed by atoms with Gasteiger partial charge in [0.25, 0.3) is 5.69 Å². The number of rotatable bonds is 5. The Kier molecular flexibility index (Phi) is 4.99. The van der Waals surface area contributed by atoms with Crippen LogP contribution in [0.3, 0.4) is 0 Å². The summed E-state index contributed by atoms with van der Waals surface area (Å²) in [5.41, 5.74) is 4.94. The van der Waals surface area contributed by atoms with Gasteiger partial charge in [-0.2, -0.15) is 0 Å². The van der Waals surface area contributed by atoms with Crippen LogP contribution in [0.1, 0.15) is 11.1 Å². The Morgan fingerprint density at radius 3 is 2.66 bits per heavy atom. The fraction of sp³-hybridized carbons (Fsp3) is 0.0435. The van der Waals surface area contributed by atoms with Crippen molar-refractivity contribution in [2.24, 2.45) is 4.99 Å². The molecule has 0 aliphatic carbocycles. The fourth-order valence-electron chi connectivity index (χ4n) is 2.92. The van der Waals surface area contributed by atoms with Crippen molar-refractivity contribution in [3.05, 3.63) is 94.0 Å². The van der Waals surface area contributed by atoms with E-state index in [2.05, 4.69) is 9.98 Å². The molecule has 6 nitrogen and oxygen atoms in total. The molecule has 1 heterocycles. The highest BCUT2D eigenvalue weighted by atomic mass is 16.6. The molecule has 0 atom stereocenters. The van der Waals surface area contributed by atoms with Crippen molar-refractivity contribution in [1.29, 1.82) is 0 Å². The molecule has 0 saturated carbocycles. The van der Waals surface area contributed by atoms with E-state index in [9.17, 15) is 10.1 Å². The average Bonchev–Trinajstić information content (AvgIpc) is 3.15. The number of hydrogen-bond acceptors (Lipinski definition) is 5. The molecule has 4 rings (SSSR count). The van der Waals surface area contributed by atoms with E-state index < -0.39 is 4.92 Å². The highest BCUT2D eigenvalue weighted by Crippen LogP contribution is 2.26. The largest absolute Gasteiger partial charge is 0.436 e. The van der Waals surface area contributed by atoms with E-state index in [1.54, 1.807) is 36.6 Å². The number of aryl methyl sites for hydroxylation is 1. The predicted molar refractivity (Wildman–Crippen MR) is 114 cm³/mol. The van der Waals surface area contributed by atoms with Crippen molar-refractivity contribution in [3.8, 4) is 11.5 Å². The SMILES string of the molecule is Cc1ccc2nc(-c3ccc(N=C/C=C/c4ccccc4[N+](=O)[O-])cc3)oc2c1. The second-order valence-electron chi connectivity index (χ2n) is 6.49. The first-order valence-electron chi connectivity index (χ1n) is 9.02. The monoisotopic (exact) mass is 383 g/mol. The van der Waals surface area contributed by atoms with Gasteiger partial charge >= 0.3 is 0 Å². The maximum atomic E-state index is 11.0. The molecular weight excluding hydrogens is 366 g/mol. The van der Waals surface area contributed by atoms with E-state index in [4.69, 9.17) is 4.42 Å². The zero-order valence-corrected chi connectivity index (χ0v) is 15.6. The van der Waals surface area contributed by atoms with Gasteiger partial charge in [0.05, 0.1) is 16.2 Å². The third-order valence-electron chi connectivity index (χ3n) is 4.38. The molecule has 0 N–H and O–H groups in total. The van der Waals surface area contributed by atoms with E-state index in [1.807, 2.05) is 49.4 Å². The van der Waals surface area contributed by atoms with Gasteiger partial charge < -0.3 is 4.42 Å². The van der Waals surface area contributed by atoms with E-state index >= 15 is 0 Å². The lowest BCUT2D eigenvalue weighted by atomic mass is 10.1. The number of allylic oxidation sites excluding steroid dienone is 1.